The highest BCUT2D eigenvalue weighted by Crippen LogP contribution is 2.33. The zero-order valence-corrected chi connectivity index (χ0v) is 10.1. The van der Waals surface area contributed by atoms with Crippen LogP contribution in [0.2, 0.25) is 5.15 Å². The molecule has 0 bridgehead atoms. The summed E-state index contributed by atoms with van der Waals surface area (Å²) in [5.41, 5.74) is 5.04. The Morgan fingerprint density at radius 2 is 2.27 bits per heavy atom. The van der Waals surface area contributed by atoms with Gasteiger partial charge >= 0.3 is 0 Å². The molecule has 1 aromatic heterocycles. The molecule has 3 N–H and O–H groups in total. The van der Waals surface area contributed by atoms with Crippen molar-refractivity contribution >= 4 is 28.8 Å². The summed E-state index contributed by atoms with van der Waals surface area (Å²) < 4.78 is 0. The minimum atomic E-state index is -0.642. The molecule has 0 saturated heterocycles. The van der Waals surface area contributed by atoms with Crippen LogP contribution in [-0.4, -0.2) is 16.0 Å². The first-order chi connectivity index (χ1) is 6.91. The third-order valence-electron chi connectivity index (χ3n) is 1.88. The quantitative estimate of drug-likeness (QED) is 0.848. The second kappa shape index (κ2) is 4.92. The SMILES string of the molecule is CC(C)C(O)c1sc(CC(N)=O)nc1Cl. The van der Waals surface area contributed by atoms with E-state index in [2.05, 4.69) is 4.98 Å². The average Bonchev–Trinajstić information content (AvgIpc) is 2.44. The Morgan fingerprint density at radius 1 is 1.67 bits per heavy atom. The molecule has 0 radical (unpaired) electrons. The molecule has 1 heterocycles. The lowest BCUT2D eigenvalue weighted by Gasteiger charge is -2.11. The van der Waals surface area contributed by atoms with Gasteiger partial charge in [0.1, 0.15) is 10.2 Å². The Kier molecular flexibility index (Phi) is 4.07. The van der Waals surface area contributed by atoms with Crippen molar-refractivity contribution in [2.24, 2.45) is 11.7 Å². The smallest absolute Gasteiger partial charge is 0.224 e. The molecule has 0 aliphatic carbocycles. The van der Waals surface area contributed by atoms with Gasteiger partial charge in [0.25, 0.3) is 0 Å². The maximum Gasteiger partial charge on any atom is 0.224 e. The first kappa shape index (κ1) is 12.4. The largest absolute Gasteiger partial charge is 0.387 e. The second-order valence-corrected chi connectivity index (χ2v) is 5.07. The van der Waals surface area contributed by atoms with Gasteiger partial charge in [0, 0.05) is 0 Å². The van der Waals surface area contributed by atoms with Crippen molar-refractivity contribution in [3.8, 4) is 0 Å². The number of aliphatic hydroxyl groups excluding tert-OH is 1. The number of nitrogens with zero attached hydrogens (tertiary/aromatic N) is 1. The fraction of sp³-hybridized carbons (Fsp3) is 0.556. The van der Waals surface area contributed by atoms with Crippen molar-refractivity contribution in [3.63, 3.8) is 0 Å². The van der Waals surface area contributed by atoms with Crippen molar-refractivity contribution in [1.82, 2.24) is 4.98 Å². The molecule has 0 saturated carbocycles. The van der Waals surface area contributed by atoms with E-state index in [9.17, 15) is 9.90 Å². The van der Waals surface area contributed by atoms with Crippen molar-refractivity contribution in [2.75, 3.05) is 0 Å². The predicted molar refractivity (Wildman–Crippen MR) is 59.8 cm³/mol. The molecule has 1 unspecified atom stereocenters. The lowest BCUT2D eigenvalue weighted by Crippen LogP contribution is -2.13. The molecule has 0 spiro atoms. The Morgan fingerprint density at radius 3 is 2.73 bits per heavy atom. The highest BCUT2D eigenvalue weighted by atomic mass is 35.5. The summed E-state index contributed by atoms with van der Waals surface area (Å²) in [4.78, 5) is 15.3. The van der Waals surface area contributed by atoms with Gasteiger partial charge in [0.15, 0.2) is 0 Å². The minimum Gasteiger partial charge on any atom is -0.387 e. The highest BCUT2D eigenvalue weighted by molar-refractivity contribution is 7.12. The standard InChI is InChI=1S/C9H13ClN2O2S/c1-4(2)7(14)8-9(10)12-6(15-8)3-5(11)13/h4,7,14H,3H2,1-2H3,(H2,11,13). The Bertz CT molecular complexity index is 365. The van der Waals surface area contributed by atoms with Crippen LogP contribution in [-0.2, 0) is 11.2 Å². The Hall–Kier alpha value is -0.650. The number of amides is 1. The van der Waals surface area contributed by atoms with Crippen LogP contribution in [0.1, 0.15) is 29.8 Å². The summed E-state index contributed by atoms with van der Waals surface area (Å²) >= 11 is 7.08. The first-order valence-corrected chi connectivity index (χ1v) is 5.72. The van der Waals surface area contributed by atoms with E-state index >= 15 is 0 Å². The first-order valence-electron chi connectivity index (χ1n) is 4.53. The molecule has 0 aliphatic heterocycles. The fourth-order valence-corrected chi connectivity index (χ4v) is 2.57. The third-order valence-corrected chi connectivity index (χ3v) is 3.41. The number of hydrogen-bond donors (Lipinski definition) is 2. The van der Waals surface area contributed by atoms with Gasteiger partial charge < -0.3 is 10.8 Å². The summed E-state index contributed by atoms with van der Waals surface area (Å²) in [6, 6.07) is 0. The summed E-state index contributed by atoms with van der Waals surface area (Å²) in [5.74, 6) is -0.393. The van der Waals surface area contributed by atoms with Crippen molar-refractivity contribution in [1.29, 1.82) is 0 Å². The van der Waals surface area contributed by atoms with Crippen molar-refractivity contribution < 1.29 is 9.90 Å². The molecule has 1 atom stereocenters. The number of primary amides is 1. The van der Waals surface area contributed by atoms with Gasteiger partial charge in [-0.05, 0) is 5.92 Å². The molecular formula is C9H13ClN2O2S. The molecule has 15 heavy (non-hydrogen) atoms. The molecule has 6 heteroatoms. The van der Waals surface area contributed by atoms with E-state index in [-0.39, 0.29) is 17.5 Å². The number of thiazole rings is 1. The molecule has 4 nitrogen and oxygen atoms in total. The van der Waals surface area contributed by atoms with E-state index < -0.39 is 12.0 Å². The predicted octanol–water partition coefficient (Wildman–Crippen LogP) is 1.51. The summed E-state index contributed by atoms with van der Waals surface area (Å²) in [6.07, 6.45) is -0.577. The maximum absolute atomic E-state index is 10.7. The number of carbonyl (C=O) groups is 1. The number of carbonyl (C=O) groups excluding carboxylic acids is 1. The van der Waals surface area contributed by atoms with Crippen LogP contribution in [0.15, 0.2) is 0 Å². The topological polar surface area (TPSA) is 76.2 Å². The van der Waals surface area contributed by atoms with Gasteiger partial charge in [-0.2, -0.15) is 0 Å². The molecule has 1 rings (SSSR count). The summed E-state index contributed by atoms with van der Waals surface area (Å²) in [7, 11) is 0. The molecule has 0 fully saturated rings. The van der Waals surface area contributed by atoms with Gasteiger partial charge in [0.2, 0.25) is 5.91 Å². The van der Waals surface area contributed by atoms with Crippen LogP contribution in [0, 0.1) is 5.92 Å². The highest BCUT2D eigenvalue weighted by Gasteiger charge is 2.20. The Balaban J connectivity index is 2.90. The number of nitrogens with two attached hydrogens (primary N) is 1. The lowest BCUT2D eigenvalue weighted by molar-refractivity contribution is -0.117. The van der Waals surface area contributed by atoms with Gasteiger partial charge in [-0.15, -0.1) is 11.3 Å². The van der Waals surface area contributed by atoms with Crippen LogP contribution < -0.4 is 5.73 Å². The van der Waals surface area contributed by atoms with Crippen molar-refractivity contribution in [3.05, 3.63) is 15.0 Å². The normalized spacial score (nSPS) is 13.1. The van der Waals surface area contributed by atoms with E-state index in [1.807, 2.05) is 13.8 Å². The van der Waals surface area contributed by atoms with E-state index in [1.165, 1.54) is 11.3 Å². The van der Waals surface area contributed by atoms with E-state index in [1.54, 1.807) is 0 Å². The van der Waals surface area contributed by atoms with E-state index in [0.717, 1.165) is 0 Å². The number of rotatable bonds is 4. The molecule has 84 valence electrons. The molecule has 0 aromatic carbocycles. The van der Waals surface area contributed by atoms with Crippen LogP contribution >= 0.6 is 22.9 Å². The van der Waals surface area contributed by atoms with Gasteiger partial charge in [0.05, 0.1) is 17.4 Å². The molecule has 1 aromatic rings. The van der Waals surface area contributed by atoms with Gasteiger partial charge in [-0.25, -0.2) is 4.98 Å². The Labute approximate surface area is 97.1 Å². The molecular weight excluding hydrogens is 236 g/mol. The second-order valence-electron chi connectivity index (χ2n) is 3.59. The van der Waals surface area contributed by atoms with Crippen LogP contribution in [0.25, 0.3) is 0 Å². The number of hydrogen-bond acceptors (Lipinski definition) is 4. The fourth-order valence-electron chi connectivity index (χ4n) is 1.07. The summed E-state index contributed by atoms with van der Waals surface area (Å²) in [6.45, 7) is 3.77. The summed E-state index contributed by atoms with van der Waals surface area (Å²) in [5, 5.41) is 10.6. The van der Waals surface area contributed by atoms with Gasteiger partial charge in [-0.3, -0.25) is 4.79 Å². The zero-order chi connectivity index (χ0) is 11.6. The number of aromatic nitrogens is 1. The zero-order valence-electron chi connectivity index (χ0n) is 8.53. The van der Waals surface area contributed by atoms with Gasteiger partial charge in [-0.1, -0.05) is 25.4 Å². The number of aliphatic hydroxyl groups is 1. The minimum absolute atomic E-state index is 0.0596. The van der Waals surface area contributed by atoms with Crippen LogP contribution in [0.5, 0.6) is 0 Å². The molecule has 1 amide bonds. The van der Waals surface area contributed by atoms with E-state index in [4.69, 9.17) is 17.3 Å². The maximum atomic E-state index is 10.7. The monoisotopic (exact) mass is 248 g/mol. The van der Waals surface area contributed by atoms with E-state index in [0.29, 0.717) is 9.88 Å². The lowest BCUT2D eigenvalue weighted by atomic mass is 10.1. The van der Waals surface area contributed by atoms with Crippen molar-refractivity contribution in [2.45, 2.75) is 26.4 Å². The molecule has 0 aliphatic rings. The van der Waals surface area contributed by atoms with Crippen LogP contribution in [0.4, 0.5) is 0 Å². The van der Waals surface area contributed by atoms with Crippen LogP contribution in [0.3, 0.4) is 0 Å². The average molecular weight is 249 g/mol. The number of halogens is 1. The third kappa shape index (κ3) is 3.15.